The quantitative estimate of drug-likeness (QED) is 0.649. The van der Waals surface area contributed by atoms with Crippen LogP contribution in [0.5, 0.6) is 0 Å². The van der Waals surface area contributed by atoms with Crippen LogP contribution in [0.1, 0.15) is 5.69 Å². The smallest absolute Gasteiger partial charge is 0.311 e. The van der Waals surface area contributed by atoms with Crippen LogP contribution >= 0.6 is 11.3 Å². The van der Waals surface area contributed by atoms with Crippen molar-refractivity contribution in [3.8, 4) is 0 Å². The third-order valence-electron chi connectivity index (χ3n) is 2.14. The van der Waals surface area contributed by atoms with E-state index in [9.17, 15) is 10.1 Å². The molecule has 0 spiro atoms. The molecule has 88 valence electrons. The molecule has 0 aliphatic rings. The van der Waals surface area contributed by atoms with E-state index in [0.717, 1.165) is 12.1 Å². The molecular weight excluding hydrogens is 240 g/mol. The molecule has 0 unspecified atom stereocenters. The zero-order valence-electron chi connectivity index (χ0n) is 8.87. The first-order valence-electron chi connectivity index (χ1n) is 4.97. The van der Waals surface area contributed by atoms with E-state index in [-0.39, 0.29) is 5.69 Å². The van der Waals surface area contributed by atoms with Gasteiger partial charge in [0.05, 0.1) is 16.1 Å². The largest absolute Gasteiger partial charge is 0.364 e. The van der Waals surface area contributed by atoms with Crippen LogP contribution in [0.4, 0.5) is 11.5 Å². The Labute approximate surface area is 102 Å². The topological polar surface area (TPSA) is 81.0 Å². The lowest BCUT2D eigenvalue weighted by molar-refractivity contribution is -0.384. The van der Waals surface area contributed by atoms with Crippen LogP contribution in [-0.2, 0) is 6.42 Å². The Morgan fingerprint density at radius 1 is 1.47 bits per heavy atom. The lowest BCUT2D eigenvalue weighted by Crippen LogP contribution is -2.08. The minimum absolute atomic E-state index is 0.00854. The molecule has 0 radical (unpaired) electrons. The average Bonchev–Trinajstić information content (AvgIpc) is 2.82. The number of nitrogens with one attached hydrogen (secondary N) is 1. The van der Waals surface area contributed by atoms with Gasteiger partial charge in [0.1, 0.15) is 0 Å². The molecule has 2 rings (SSSR count). The molecule has 0 aliphatic carbocycles. The van der Waals surface area contributed by atoms with Gasteiger partial charge in [-0.15, -0.1) is 11.3 Å². The highest BCUT2D eigenvalue weighted by Gasteiger charge is 2.13. The molecule has 0 saturated carbocycles. The van der Waals surface area contributed by atoms with Gasteiger partial charge in [-0.2, -0.15) is 0 Å². The van der Waals surface area contributed by atoms with Gasteiger partial charge >= 0.3 is 5.69 Å². The van der Waals surface area contributed by atoms with Crippen molar-refractivity contribution in [1.29, 1.82) is 0 Å². The molecule has 0 aliphatic heterocycles. The maximum atomic E-state index is 10.7. The van der Waals surface area contributed by atoms with E-state index in [2.05, 4.69) is 15.3 Å². The fourth-order valence-electron chi connectivity index (χ4n) is 1.35. The van der Waals surface area contributed by atoms with Crippen molar-refractivity contribution in [3.63, 3.8) is 0 Å². The van der Waals surface area contributed by atoms with E-state index < -0.39 is 4.92 Å². The Morgan fingerprint density at radius 3 is 3.06 bits per heavy atom. The molecule has 1 N–H and O–H groups in total. The zero-order chi connectivity index (χ0) is 12.1. The van der Waals surface area contributed by atoms with Crippen LogP contribution in [0.15, 0.2) is 29.2 Å². The van der Waals surface area contributed by atoms with Crippen LogP contribution in [0.2, 0.25) is 0 Å². The van der Waals surface area contributed by atoms with E-state index in [1.165, 1.54) is 23.6 Å². The summed E-state index contributed by atoms with van der Waals surface area (Å²) in [5, 5.41) is 15.6. The molecule has 0 bridgehead atoms. The summed E-state index contributed by atoms with van der Waals surface area (Å²) < 4.78 is 0. The number of nitrogens with zero attached hydrogens (tertiary/aromatic N) is 3. The highest BCUT2D eigenvalue weighted by atomic mass is 32.1. The number of rotatable bonds is 5. The van der Waals surface area contributed by atoms with Crippen molar-refractivity contribution in [2.24, 2.45) is 0 Å². The summed E-state index contributed by atoms with van der Waals surface area (Å²) in [5.41, 5.74) is 2.73. The minimum Gasteiger partial charge on any atom is -0.364 e. The standard InChI is InChI=1S/C10H10N4O2S/c15-14(16)9-2-1-4-11-10(9)12-5-3-8-6-17-7-13-8/h1-2,4,6-7H,3,5H2,(H,11,12). The van der Waals surface area contributed by atoms with Crippen LogP contribution in [-0.4, -0.2) is 21.4 Å². The highest BCUT2D eigenvalue weighted by molar-refractivity contribution is 7.07. The maximum absolute atomic E-state index is 10.7. The van der Waals surface area contributed by atoms with Gasteiger partial charge in [-0.1, -0.05) is 0 Å². The predicted molar refractivity (Wildman–Crippen MR) is 65.2 cm³/mol. The molecule has 0 aromatic carbocycles. The van der Waals surface area contributed by atoms with E-state index in [1.807, 2.05) is 5.38 Å². The van der Waals surface area contributed by atoms with E-state index in [1.54, 1.807) is 11.6 Å². The Morgan fingerprint density at radius 2 is 2.35 bits per heavy atom. The van der Waals surface area contributed by atoms with E-state index in [4.69, 9.17) is 0 Å². The number of hydrogen-bond acceptors (Lipinski definition) is 6. The van der Waals surface area contributed by atoms with E-state index in [0.29, 0.717) is 12.4 Å². The van der Waals surface area contributed by atoms with Crippen molar-refractivity contribution in [1.82, 2.24) is 9.97 Å². The van der Waals surface area contributed by atoms with Crippen molar-refractivity contribution >= 4 is 22.8 Å². The fourth-order valence-corrected chi connectivity index (χ4v) is 1.94. The monoisotopic (exact) mass is 250 g/mol. The summed E-state index contributed by atoms with van der Waals surface area (Å²) in [6.07, 6.45) is 2.25. The third kappa shape index (κ3) is 2.97. The number of thiazole rings is 1. The number of aromatic nitrogens is 2. The van der Waals surface area contributed by atoms with Crippen molar-refractivity contribution in [2.75, 3.05) is 11.9 Å². The van der Waals surface area contributed by atoms with Gasteiger partial charge in [-0.25, -0.2) is 9.97 Å². The molecule has 2 aromatic heterocycles. The van der Waals surface area contributed by atoms with Gasteiger partial charge < -0.3 is 5.32 Å². The van der Waals surface area contributed by atoms with E-state index >= 15 is 0 Å². The molecule has 0 saturated heterocycles. The summed E-state index contributed by atoms with van der Waals surface area (Å²) in [6.45, 7) is 0.571. The van der Waals surface area contributed by atoms with Crippen LogP contribution < -0.4 is 5.32 Å². The molecule has 17 heavy (non-hydrogen) atoms. The molecule has 6 nitrogen and oxygen atoms in total. The second-order valence-corrected chi connectivity index (χ2v) is 4.00. The second-order valence-electron chi connectivity index (χ2n) is 3.28. The Bertz CT molecular complexity index is 501. The number of hydrogen-bond donors (Lipinski definition) is 1. The van der Waals surface area contributed by atoms with Gasteiger partial charge in [0, 0.05) is 30.6 Å². The Hall–Kier alpha value is -2.02. The van der Waals surface area contributed by atoms with Gasteiger partial charge in [-0.05, 0) is 6.07 Å². The highest BCUT2D eigenvalue weighted by Crippen LogP contribution is 2.19. The fraction of sp³-hybridized carbons (Fsp3) is 0.200. The Kier molecular flexibility index (Phi) is 3.61. The summed E-state index contributed by atoms with van der Waals surface area (Å²) in [5.74, 6) is 0.299. The maximum Gasteiger partial charge on any atom is 0.311 e. The first-order valence-corrected chi connectivity index (χ1v) is 5.92. The zero-order valence-corrected chi connectivity index (χ0v) is 9.68. The molecular formula is C10H10N4O2S. The van der Waals surface area contributed by atoms with Gasteiger partial charge in [0.25, 0.3) is 0 Å². The minimum atomic E-state index is -0.446. The lowest BCUT2D eigenvalue weighted by atomic mass is 10.3. The average molecular weight is 250 g/mol. The molecule has 0 atom stereocenters. The molecule has 7 heteroatoms. The van der Waals surface area contributed by atoms with Crippen LogP contribution in [0.3, 0.4) is 0 Å². The van der Waals surface area contributed by atoms with Crippen molar-refractivity contribution in [3.05, 3.63) is 45.0 Å². The predicted octanol–water partition coefficient (Wildman–Crippen LogP) is 2.10. The lowest BCUT2D eigenvalue weighted by Gasteiger charge is -2.04. The second kappa shape index (κ2) is 5.35. The summed E-state index contributed by atoms with van der Waals surface area (Å²) in [7, 11) is 0. The van der Waals surface area contributed by atoms with Gasteiger partial charge in [0.2, 0.25) is 5.82 Å². The molecule has 0 amide bonds. The number of anilines is 1. The molecule has 0 fully saturated rings. The van der Waals surface area contributed by atoms with Gasteiger partial charge in [0.15, 0.2) is 0 Å². The SMILES string of the molecule is O=[N+]([O-])c1cccnc1NCCc1cscn1. The number of pyridine rings is 1. The van der Waals surface area contributed by atoms with Crippen LogP contribution in [0, 0.1) is 10.1 Å². The third-order valence-corrected chi connectivity index (χ3v) is 2.78. The molecule has 2 heterocycles. The normalized spacial score (nSPS) is 10.1. The first kappa shape index (κ1) is 11.5. The summed E-state index contributed by atoms with van der Waals surface area (Å²) in [4.78, 5) is 18.4. The first-order chi connectivity index (χ1) is 8.27. The summed E-state index contributed by atoms with van der Waals surface area (Å²) >= 11 is 1.53. The van der Waals surface area contributed by atoms with Crippen LogP contribution in [0.25, 0.3) is 0 Å². The number of nitro groups is 1. The van der Waals surface area contributed by atoms with Gasteiger partial charge in [-0.3, -0.25) is 10.1 Å². The van der Waals surface area contributed by atoms with Crippen molar-refractivity contribution in [2.45, 2.75) is 6.42 Å². The summed E-state index contributed by atoms with van der Waals surface area (Å²) in [6, 6.07) is 2.97. The Balaban J connectivity index is 1.97. The van der Waals surface area contributed by atoms with Crippen molar-refractivity contribution < 1.29 is 4.92 Å². The molecule has 2 aromatic rings.